The molecule has 0 aliphatic rings. The van der Waals surface area contributed by atoms with Crippen molar-refractivity contribution in [1.29, 1.82) is 0 Å². The van der Waals surface area contributed by atoms with Crippen molar-refractivity contribution in [3.8, 4) is 0 Å². The first-order valence-electron chi connectivity index (χ1n) is 7.15. The van der Waals surface area contributed by atoms with E-state index in [9.17, 15) is 9.59 Å². The lowest BCUT2D eigenvalue weighted by atomic mass is 10.3. The number of thioether (sulfide) groups is 1. The molecule has 1 aromatic rings. The second-order valence-electron chi connectivity index (χ2n) is 4.69. The number of aryl methyl sites for hydroxylation is 1. The molecule has 118 valence electrons. The van der Waals surface area contributed by atoms with Crippen molar-refractivity contribution in [2.75, 3.05) is 29.9 Å². The van der Waals surface area contributed by atoms with E-state index in [0.717, 1.165) is 19.4 Å². The van der Waals surface area contributed by atoms with Crippen LogP contribution < -0.4 is 5.32 Å². The van der Waals surface area contributed by atoms with E-state index in [1.165, 1.54) is 11.8 Å². The van der Waals surface area contributed by atoms with Crippen molar-refractivity contribution in [2.24, 2.45) is 0 Å². The monoisotopic (exact) mass is 313 g/mol. The number of unbranched alkanes of at least 4 members (excludes halogenated alkanes) is 1. The van der Waals surface area contributed by atoms with E-state index in [-0.39, 0.29) is 17.6 Å². The topological polar surface area (TPSA) is 75.4 Å². The Morgan fingerprint density at radius 2 is 2.14 bits per heavy atom. The highest BCUT2D eigenvalue weighted by Crippen LogP contribution is 2.09. The molecule has 6 nitrogen and oxygen atoms in total. The van der Waals surface area contributed by atoms with Crippen LogP contribution in [-0.4, -0.2) is 46.5 Å². The number of anilines is 1. The molecule has 1 rings (SSSR count). The SMILES string of the molecule is CCCCN(CC)C(=O)CSCC(=O)Nc1cc(C)on1. The van der Waals surface area contributed by atoms with E-state index >= 15 is 0 Å². The number of nitrogens with zero attached hydrogens (tertiary/aromatic N) is 2. The molecule has 0 aromatic carbocycles. The molecule has 0 saturated carbocycles. The highest BCUT2D eigenvalue weighted by atomic mass is 32.2. The van der Waals surface area contributed by atoms with Gasteiger partial charge in [-0.3, -0.25) is 9.59 Å². The third-order valence-corrected chi connectivity index (χ3v) is 3.79. The number of carbonyl (C=O) groups is 2. The minimum atomic E-state index is -0.183. The summed E-state index contributed by atoms with van der Waals surface area (Å²) in [5.74, 6) is 1.50. The zero-order valence-corrected chi connectivity index (χ0v) is 13.7. The maximum absolute atomic E-state index is 12.0. The van der Waals surface area contributed by atoms with Gasteiger partial charge in [-0.05, 0) is 20.3 Å². The molecule has 0 saturated heterocycles. The molecule has 0 aliphatic heterocycles. The fraction of sp³-hybridized carbons (Fsp3) is 0.643. The lowest BCUT2D eigenvalue weighted by Gasteiger charge is -2.20. The van der Waals surface area contributed by atoms with E-state index in [1.807, 2.05) is 11.8 Å². The van der Waals surface area contributed by atoms with Crippen LogP contribution in [0.4, 0.5) is 5.82 Å². The highest BCUT2D eigenvalue weighted by molar-refractivity contribution is 8.00. The van der Waals surface area contributed by atoms with Crippen LogP contribution in [0.15, 0.2) is 10.6 Å². The van der Waals surface area contributed by atoms with Crippen LogP contribution in [0.3, 0.4) is 0 Å². The highest BCUT2D eigenvalue weighted by Gasteiger charge is 2.12. The summed E-state index contributed by atoms with van der Waals surface area (Å²) in [4.78, 5) is 25.5. The van der Waals surface area contributed by atoms with E-state index in [4.69, 9.17) is 4.52 Å². The van der Waals surface area contributed by atoms with Gasteiger partial charge in [0.2, 0.25) is 11.8 Å². The Labute approximate surface area is 129 Å². The molecule has 1 heterocycles. The average Bonchev–Trinajstić information content (AvgIpc) is 2.84. The lowest BCUT2D eigenvalue weighted by molar-refractivity contribution is -0.128. The number of amides is 2. The second-order valence-corrected chi connectivity index (χ2v) is 5.68. The number of hydrogen-bond acceptors (Lipinski definition) is 5. The van der Waals surface area contributed by atoms with Crippen molar-refractivity contribution in [2.45, 2.75) is 33.6 Å². The molecule has 1 aromatic heterocycles. The van der Waals surface area contributed by atoms with Gasteiger partial charge in [-0.15, -0.1) is 11.8 Å². The van der Waals surface area contributed by atoms with E-state index in [1.54, 1.807) is 13.0 Å². The van der Waals surface area contributed by atoms with Gasteiger partial charge in [-0.25, -0.2) is 0 Å². The molecule has 0 unspecified atom stereocenters. The van der Waals surface area contributed by atoms with Gasteiger partial charge < -0.3 is 14.7 Å². The van der Waals surface area contributed by atoms with Crippen LogP contribution in [0.5, 0.6) is 0 Å². The minimum Gasteiger partial charge on any atom is -0.360 e. The molecule has 0 spiro atoms. The standard InChI is InChI=1S/C14H23N3O3S/c1-4-6-7-17(5-2)14(19)10-21-9-13(18)15-12-8-11(3)20-16-12/h8H,4-7,9-10H2,1-3H3,(H,15,16,18). The zero-order chi connectivity index (χ0) is 15.7. The maximum Gasteiger partial charge on any atom is 0.235 e. The number of aromatic nitrogens is 1. The normalized spacial score (nSPS) is 10.4. The fourth-order valence-corrected chi connectivity index (χ4v) is 2.45. The summed E-state index contributed by atoms with van der Waals surface area (Å²) in [5.41, 5.74) is 0. The summed E-state index contributed by atoms with van der Waals surface area (Å²) >= 11 is 1.31. The van der Waals surface area contributed by atoms with Crippen LogP contribution in [0, 0.1) is 6.92 Å². The Balaban J connectivity index is 2.25. The van der Waals surface area contributed by atoms with Gasteiger partial charge >= 0.3 is 0 Å². The van der Waals surface area contributed by atoms with Gasteiger partial charge in [-0.2, -0.15) is 0 Å². The summed E-state index contributed by atoms with van der Waals surface area (Å²) in [6.45, 7) is 7.33. The van der Waals surface area contributed by atoms with Crippen LogP contribution in [0.2, 0.25) is 0 Å². The van der Waals surface area contributed by atoms with Crippen molar-refractivity contribution in [1.82, 2.24) is 10.1 Å². The molecule has 2 amide bonds. The van der Waals surface area contributed by atoms with Crippen molar-refractivity contribution >= 4 is 29.4 Å². The van der Waals surface area contributed by atoms with Crippen LogP contribution in [-0.2, 0) is 9.59 Å². The van der Waals surface area contributed by atoms with Gasteiger partial charge in [0.1, 0.15) is 5.76 Å². The number of carbonyl (C=O) groups excluding carboxylic acids is 2. The Kier molecular flexibility index (Phi) is 7.89. The molecule has 0 bridgehead atoms. The van der Waals surface area contributed by atoms with E-state index < -0.39 is 0 Å². The van der Waals surface area contributed by atoms with Gasteiger partial charge in [0.05, 0.1) is 11.5 Å². The van der Waals surface area contributed by atoms with E-state index in [0.29, 0.717) is 23.9 Å². The Bertz CT molecular complexity index is 462. The number of hydrogen-bond donors (Lipinski definition) is 1. The van der Waals surface area contributed by atoms with Gasteiger partial charge in [0, 0.05) is 19.2 Å². The van der Waals surface area contributed by atoms with Crippen LogP contribution >= 0.6 is 11.8 Å². The largest absolute Gasteiger partial charge is 0.360 e. The van der Waals surface area contributed by atoms with Crippen LogP contribution in [0.1, 0.15) is 32.4 Å². The van der Waals surface area contributed by atoms with Gasteiger partial charge in [0.25, 0.3) is 0 Å². The summed E-state index contributed by atoms with van der Waals surface area (Å²) < 4.78 is 4.86. The molecule has 21 heavy (non-hydrogen) atoms. The molecule has 0 aliphatic carbocycles. The Morgan fingerprint density at radius 3 is 2.71 bits per heavy atom. The van der Waals surface area contributed by atoms with Gasteiger partial charge in [-0.1, -0.05) is 18.5 Å². The minimum absolute atomic E-state index is 0.0843. The van der Waals surface area contributed by atoms with Crippen LogP contribution in [0.25, 0.3) is 0 Å². The van der Waals surface area contributed by atoms with E-state index in [2.05, 4.69) is 17.4 Å². The maximum atomic E-state index is 12.0. The molecule has 0 atom stereocenters. The zero-order valence-electron chi connectivity index (χ0n) is 12.8. The van der Waals surface area contributed by atoms with Gasteiger partial charge in [0.15, 0.2) is 5.82 Å². The quantitative estimate of drug-likeness (QED) is 0.757. The summed E-state index contributed by atoms with van der Waals surface area (Å²) in [6, 6.07) is 1.65. The summed E-state index contributed by atoms with van der Waals surface area (Å²) in [6.07, 6.45) is 2.08. The third kappa shape index (κ3) is 6.66. The molecular weight excluding hydrogens is 290 g/mol. The first kappa shape index (κ1) is 17.6. The molecule has 1 N–H and O–H groups in total. The molecular formula is C14H23N3O3S. The third-order valence-electron chi connectivity index (χ3n) is 2.87. The first-order valence-corrected chi connectivity index (χ1v) is 8.31. The predicted molar refractivity (Wildman–Crippen MR) is 84.4 cm³/mol. The number of nitrogens with one attached hydrogen (secondary N) is 1. The summed E-state index contributed by atoms with van der Waals surface area (Å²) in [7, 11) is 0. The smallest absolute Gasteiger partial charge is 0.235 e. The molecule has 0 radical (unpaired) electrons. The number of rotatable bonds is 9. The summed E-state index contributed by atoms with van der Waals surface area (Å²) in [5, 5.41) is 6.31. The Hall–Kier alpha value is -1.50. The predicted octanol–water partition coefficient (Wildman–Crippen LogP) is 2.30. The first-order chi connectivity index (χ1) is 10.1. The van der Waals surface area contributed by atoms with Crippen molar-refractivity contribution in [3.05, 3.63) is 11.8 Å². The molecule has 7 heteroatoms. The fourth-order valence-electron chi connectivity index (χ4n) is 1.73. The van der Waals surface area contributed by atoms with Crippen molar-refractivity contribution < 1.29 is 14.1 Å². The molecule has 0 fully saturated rings. The van der Waals surface area contributed by atoms with Crippen molar-refractivity contribution in [3.63, 3.8) is 0 Å². The average molecular weight is 313 g/mol. The second kappa shape index (κ2) is 9.44. The Morgan fingerprint density at radius 1 is 1.38 bits per heavy atom. The lowest BCUT2D eigenvalue weighted by Crippen LogP contribution is -2.33.